The van der Waals surface area contributed by atoms with Gasteiger partial charge in [0.25, 0.3) is 0 Å². The maximum atomic E-state index is 12.9. The van der Waals surface area contributed by atoms with Crippen molar-refractivity contribution in [1.29, 1.82) is 0 Å². The molecule has 5 nitrogen and oxygen atoms in total. The van der Waals surface area contributed by atoms with E-state index in [1.807, 2.05) is 0 Å². The molecule has 4 N–H and O–H groups in total. The van der Waals surface area contributed by atoms with Gasteiger partial charge in [-0.05, 0) is 6.92 Å². The molecule has 0 bridgehead atoms. The summed E-state index contributed by atoms with van der Waals surface area (Å²) in [6, 6.07) is 0. The van der Waals surface area contributed by atoms with Gasteiger partial charge in [-0.2, -0.15) is 5.48 Å². The fraction of sp³-hybridized carbons (Fsp3) is 0.333. The predicted molar refractivity (Wildman–Crippen MR) is 50.2 cm³/mol. The highest BCUT2D eigenvalue weighted by atomic mass is 19.3. The Bertz CT molecular complexity index is 351. The van der Waals surface area contributed by atoms with Crippen LogP contribution in [0.4, 0.5) is 8.78 Å². The van der Waals surface area contributed by atoms with Gasteiger partial charge in [-0.25, -0.2) is 4.84 Å². The summed E-state index contributed by atoms with van der Waals surface area (Å²) < 4.78 is 34.1. The zero-order valence-corrected chi connectivity index (χ0v) is 8.87. The van der Waals surface area contributed by atoms with Gasteiger partial charge in [0.15, 0.2) is 5.70 Å². The zero-order chi connectivity index (χ0) is 12.2. The number of alkyl halides is 2. The molecule has 16 heavy (non-hydrogen) atoms. The number of hydrogen-bond donors (Lipinski definition) is 2. The molecule has 0 amide bonds. The molecule has 0 aliphatic carbocycles. The fourth-order valence-corrected chi connectivity index (χ4v) is 1.06. The average molecular weight is 235 g/mol. The Morgan fingerprint density at radius 3 is 2.81 bits per heavy atom. The molecule has 1 heterocycles. The highest BCUT2D eigenvalue weighted by Gasteiger charge is 2.34. The minimum atomic E-state index is -3.71. The van der Waals surface area contributed by atoms with E-state index in [4.69, 9.17) is 10.6 Å². The SMILES string of the molecule is CO[NH2+]C1=C(N)/C=C(\C)OC(F)(F)O\C=C\1. The van der Waals surface area contributed by atoms with E-state index in [1.165, 1.54) is 31.7 Å². The molecule has 90 valence electrons. The molecule has 0 saturated heterocycles. The van der Waals surface area contributed by atoms with E-state index >= 15 is 0 Å². The topological polar surface area (TPSA) is 70.3 Å². The van der Waals surface area contributed by atoms with Gasteiger partial charge in [0.2, 0.25) is 0 Å². The van der Waals surface area contributed by atoms with Gasteiger partial charge in [0.1, 0.15) is 12.0 Å². The first-order valence-electron chi connectivity index (χ1n) is 4.40. The van der Waals surface area contributed by atoms with E-state index in [2.05, 4.69) is 9.47 Å². The quantitative estimate of drug-likeness (QED) is 0.675. The third kappa shape index (κ3) is 3.52. The van der Waals surface area contributed by atoms with Crippen LogP contribution in [0.5, 0.6) is 0 Å². The number of hydrogen-bond acceptors (Lipinski definition) is 4. The summed E-state index contributed by atoms with van der Waals surface area (Å²) in [5, 5.41) is 0. The van der Waals surface area contributed by atoms with Gasteiger partial charge in [-0.3, -0.25) is 0 Å². The number of rotatable bonds is 2. The normalized spacial score (nSPS) is 29.9. The lowest BCUT2D eigenvalue weighted by atomic mass is 10.3. The lowest BCUT2D eigenvalue weighted by Crippen LogP contribution is -2.80. The Balaban J connectivity index is 3.02. The molecule has 0 aromatic heterocycles. The van der Waals surface area contributed by atoms with Crippen LogP contribution in [0.25, 0.3) is 0 Å². The second kappa shape index (κ2) is 4.95. The second-order valence-electron chi connectivity index (χ2n) is 3.01. The maximum Gasteiger partial charge on any atom is 0.585 e. The van der Waals surface area contributed by atoms with Gasteiger partial charge in [0.05, 0.1) is 12.8 Å². The molecule has 0 fully saturated rings. The molecule has 0 unspecified atom stereocenters. The number of allylic oxidation sites excluding steroid dienone is 3. The summed E-state index contributed by atoms with van der Waals surface area (Å²) in [6.07, 6.45) is -0.396. The second-order valence-corrected chi connectivity index (χ2v) is 3.01. The molecular formula is C9H13F2N2O3+. The molecule has 0 aromatic rings. The van der Waals surface area contributed by atoms with E-state index in [9.17, 15) is 8.78 Å². The minimum absolute atomic E-state index is 0.0618. The van der Waals surface area contributed by atoms with Gasteiger partial charge < -0.3 is 15.2 Å². The van der Waals surface area contributed by atoms with E-state index in [1.54, 1.807) is 0 Å². The molecular weight excluding hydrogens is 222 g/mol. The van der Waals surface area contributed by atoms with E-state index in [-0.39, 0.29) is 11.5 Å². The van der Waals surface area contributed by atoms with Crippen LogP contribution in [0.15, 0.2) is 35.6 Å². The summed E-state index contributed by atoms with van der Waals surface area (Å²) in [5.41, 5.74) is 7.59. The molecule has 1 rings (SSSR count). The first-order chi connectivity index (χ1) is 7.44. The first kappa shape index (κ1) is 12.5. The Hall–Kier alpha value is -1.60. The van der Waals surface area contributed by atoms with Gasteiger partial charge in [-0.15, -0.1) is 8.78 Å². The third-order valence-electron chi connectivity index (χ3n) is 1.67. The van der Waals surface area contributed by atoms with E-state index in [0.29, 0.717) is 5.70 Å². The van der Waals surface area contributed by atoms with E-state index in [0.717, 1.165) is 6.26 Å². The maximum absolute atomic E-state index is 12.9. The third-order valence-corrected chi connectivity index (χ3v) is 1.67. The minimum Gasteiger partial charge on any atom is -0.407 e. The lowest BCUT2D eigenvalue weighted by Gasteiger charge is -2.15. The van der Waals surface area contributed by atoms with Gasteiger partial charge in [-0.1, -0.05) is 0 Å². The number of nitrogens with two attached hydrogens (primary N) is 2. The van der Waals surface area contributed by atoms with Crippen LogP contribution in [0.3, 0.4) is 0 Å². The number of ether oxygens (including phenoxy) is 2. The molecule has 7 heteroatoms. The van der Waals surface area contributed by atoms with Crippen molar-refractivity contribution in [3.05, 3.63) is 35.6 Å². The van der Waals surface area contributed by atoms with Gasteiger partial charge in [0, 0.05) is 12.2 Å². The smallest absolute Gasteiger partial charge is 0.407 e. The van der Waals surface area contributed by atoms with Crippen molar-refractivity contribution < 1.29 is 28.6 Å². The van der Waals surface area contributed by atoms with Crippen LogP contribution < -0.4 is 11.2 Å². The summed E-state index contributed by atoms with van der Waals surface area (Å²) in [4.78, 5) is 4.75. The molecule has 1 aliphatic heterocycles. The molecule has 1 aliphatic rings. The average Bonchev–Trinajstić information content (AvgIpc) is 2.17. The van der Waals surface area contributed by atoms with Gasteiger partial charge >= 0.3 is 6.29 Å². The Morgan fingerprint density at radius 1 is 1.50 bits per heavy atom. The standard InChI is InChI=1S/C9H12F2N2O3/c1-6-5-7(12)8(13-14-2)3-4-15-9(10,11)16-6/h3-5,13H,12H2,1-2H3/p+1/b4-3+,6-5+,8-7-. The van der Waals surface area contributed by atoms with Crippen LogP contribution in [0.2, 0.25) is 0 Å². The van der Waals surface area contributed by atoms with Crippen molar-refractivity contribution >= 4 is 0 Å². The van der Waals surface area contributed by atoms with Crippen LogP contribution in [-0.4, -0.2) is 13.4 Å². The molecule has 0 aromatic carbocycles. The molecule has 0 saturated carbocycles. The van der Waals surface area contributed by atoms with Crippen molar-refractivity contribution in [3.8, 4) is 0 Å². The summed E-state index contributed by atoms with van der Waals surface area (Å²) >= 11 is 0. The Labute approximate surface area is 91.1 Å². The van der Waals surface area contributed by atoms with Crippen LogP contribution in [0, 0.1) is 0 Å². The summed E-state index contributed by atoms with van der Waals surface area (Å²) in [7, 11) is 1.42. The van der Waals surface area contributed by atoms with Crippen molar-refractivity contribution in [2.24, 2.45) is 5.73 Å². The van der Waals surface area contributed by atoms with Crippen molar-refractivity contribution in [3.63, 3.8) is 0 Å². The Morgan fingerprint density at radius 2 is 2.19 bits per heavy atom. The lowest BCUT2D eigenvalue weighted by molar-refractivity contribution is -0.852. The Kier molecular flexibility index (Phi) is 3.86. The highest BCUT2D eigenvalue weighted by Crippen LogP contribution is 2.22. The number of halogens is 2. The first-order valence-corrected chi connectivity index (χ1v) is 4.40. The van der Waals surface area contributed by atoms with E-state index < -0.39 is 6.29 Å². The highest BCUT2D eigenvalue weighted by molar-refractivity contribution is 5.26. The fourth-order valence-electron chi connectivity index (χ4n) is 1.06. The molecule has 0 radical (unpaired) electrons. The van der Waals surface area contributed by atoms with Crippen LogP contribution in [0.1, 0.15) is 6.92 Å². The summed E-state index contributed by atoms with van der Waals surface area (Å²) in [6.45, 7) is 1.35. The largest absolute Gasteiger partial charge is 0.585 e. The number of quaternary nitrogens is 1. The van der Waals surface area contributed by atoms with Crippen molar-refractivity contribution in [2.45, 2.75) is 13.2 Å². The molecule has 0 spiro atoms. The monoisotopic (exact) mass is 235 g/mol. The van der Waals surface area contributed by atoms with Crippen molar-refractivity contribution in [2.75, 3.05) is 7.11 Å². The van der Waals surface area contributed by atoms with Crippen LogP contribution in [-0.2, 0) is 14.3 Å². The predicted octanol–water partition coefficient (Wildman–Crippen LogP) is 0.296. The van der Waals surface area contributed by atoms with Crippen molar-refractivity contribution in [1.82, 2.24) is 0 Å². The van der Waals surface area contributed by atoms with Crippen LogP contribution >= 0.6 is 0 Å². The summed E-state index contributed by atoms with van der Waals surface area (Å²) in [5.74, 6) is -0.0618. The molecule has 0 atom stereocenters. The zero-order valence-electron chi connectivity index (χ0n) is 8.87. The number of hydroxylamine groups is 1.